The predicted molar refractivity (Wildman–Crippen MR) is 96.0 cm³/mol. The van der Waals surface area contributed by atoms with Gasteiger partial charge in [-0.15, -0.1) is 0 Å². The number of benzene rings is 2. The van der Waals surface area contributed by atoms with Gasteiger partial charge in [-0.25, -0.2) is 8.42 Å². The first-order valence-corrected chi connectivity index (χ1v) is 9.83. The van der Waals surface area contributed by atoms with Crippen LogP contribution in [0.3, 0.4) is 0 Å². The predicted octanol–water partition coefficient (Wildman–Crippen LogP) is 3.16. The Hall–Kier alpha value is -1.85. The van der Waals surface area contributed by atoms with E-state index in [4.69, 9.17) is 4.74 Å². The smallest absolute Gasteiger partial charge is 0.157 e. The van der Waals surface area contributed by atoms with Crippen molar-refractivity contribution in [3.05, 3.63) is 65.7 Å². The van der Waals surface area contributed by atoms with Gasteiger partial charge in [-0.3, -0.25) is 0 Å². The molecule has 1 N–H and O–H groups in total. The van der Waals surface area contributed by atoms with E-state index < -0.39 is 15.9 Å². The highest BCUT2D eigenvalue weighted by Crippen LogP contribution is 2.25. The summed E-state index contributed by atoms with van der Waals surface area (Å²) in [6.45, 7) is 4.07. The van der Waals surface area contributed by atoms with Crippen LogP contribution in [0, 0.1) is 0 Å². The van der Waals surface area contributed by atoms with E-state index in [9.17, 15) is 13.5 Å². The van der Waals surface area contributed by atoms with Gasteiger partial charge >= 0.3 is 0 Å². The molecule has 0 heterocycles. The van der Waals surface area contributed by atoms with Gasteiger partial charge in [-0.1, -0.05) is 62.4 Å². The molecule has 0 fully saturated rings. The van der Waals surface area contributed by atoms with Crippen LogP contribution in [0.5, 0.6) is 5.75 Å². The average Bonchev–Trinajstić information content (AvgIpc) is 2.53. The van der Waals surface area contributed by atoms with E-state index in [1.807, 2.05) is 30.3 Å². The van der Waals surface area contributed by atoms with Crippen molar-refractivity contribution in [2.24, 2.45) is 0 Å². The quantitative estimate of drug-likeness (QED) is 0.796. The molecule has 130 valence electrons. The zero-order valence-corrected chi connectivity index (χ0v) is 14.9. The van der Waals surface area contributed by atoms with Crippen LogP contribution in [0.1, 0.15) is 30.9 Å². The van der Waals surface area contributed by atoms with Crippen LogP contribution in [0.4, 0.5) is 0 Å². The van der Waals surface area contributed by atoms with E-state index in [0.29, 0.717) is 11.7 Å². The topological polar surface area (TPSA) is 63.6 Å². The first kappa shape index (κ1) is 18.5. The van der Waals surface area contributed by atoms with E-state index in [1.165, 1.54) is 0 Å². The van der Waals surface area contributed by atoms with E-state index in [-0.39, 0.29) is 18.1 Å². The van der Waals surface area contributed by atoms with Crippen LogP contribution >= 0.6 is 0 Å². The molecule has 0 spiro atoms. The molecule has 5 heteroatoms. The molecule has 0 saturated carbocycles. The Morgan fingerprint density at radius 2 is 1.62 bits per heavy atom. The van der Waals surface area contributed by atoms with Crippen LogP contribution in [0.25, 0.3) is 0 Å². The van der Waals surface area contributed by atoms with Crippen molar-refractivity contribution in [1.29, 1.82) is 0 Å². The Morgan fingerprint density at radius 1 is 1.00 bits per heavy atom. The van der Waals surface area contributed by atoms with Gasteiger partial charge in [0.2, 0.25) is 0 Å². The maximum Gasteiger partial charge on any atom is 0.157 e. The van der Waals surface area contributed by atoms with Gasteiger partial charge in [0.05, 0.1) is 11.5 Å². The molecular weight excluding hydrogens is 324 g/mol. The highest BCUT2D eigenvalue weighted by atomic mass is 32.2. The summed E-state index contributed by atoms with van der Waals surface area (Å²) in [5.41, 5.74) is 1.76. The van der Waals surface area contributed by atoms with E-state index in [2.05, 4.69) is 13.8 Å². The van der Waals surface area contributed by atoms with Crippen molar-refractivity contribution in [2.45, 2.75) is 31.6 Å². The molecule has 2 aromatic rings. The number of aliphatic hydroxyl groups excluding tert-OH is 1. The zero-order valence-electron chi connectivity index (χ0n) is 14.1. The fourth-order valence-corrected chi connectivity index (χ4v) is 4.00. The van der Waals surface area contributed by atoms with Crippen LogP contribution in [0.15, 0.2) is 54.6 Å². The van der Waals surface area contributed by atoms with Gasteiger partial charge < -0.3 is 9.84 Å². The molecule has 0 radical (unpaired) electrons. The lowest BCUT2D eigenvalue weighted by atomic mass is 10.0. The zero-order chi connectivity index (χ0) is 17.6. The Kier molecular flexibility index (Phi) is 6.40. The molecular formula is C19H24O4S. The minimum absolute atomic E-state index is 0.0439. The number of hydrogen-bond donors (Lipinski definition) is 1. The lowest BCUT2D eigenvalue weighted by Gasteiger charge is -2.16. The Labute approximate surface area is 144 Å². The number of rotatable bonds is 8. The van der Waals surface area contributed by atoms with Crippen LogP contribution in [-0.4, -0.2) is 32.0 Å². The highest BCUT2D eigenvalue weighted by Gasteiger charge is 2.19. The maximum atomic E-state index is 12.2. The summed E-state index contributed by atoms with van der Waals surface area (Å²) in [5, 5.41) is 10.0. The number of hydrogen-bond acceptors (Lipinski definition) is 4. The monoisotopic (exact) mass is 348 g/mol. The van der Waals surface area contributed by atoms with Crippen molar-refractivity contribution in [3.63, 3.8) is 0 Å². The fraction of sp³-hybridized carbons (Fsp3) is 0.368. The molecule has 0 aliphatic heterocycles. The molecule has 1 atom stereocenters. The number of ether oxygens (including phenoxy) is 1. The molecule has 0 aliphatic rings. The van der Waals surface area contributed by atoms with Gasteiger partial charge in [-0.2, -0.15) is 0 Å². The van der Waals surface area contributed by atoms with E-state index in [1.54, 1.807) is 24.3 Å². The lowest BCUT2D eigenvalue weighted by molar-refractivity contribution is 0.124. The maximum absolute atomic E-state index is 12.2. The SMILES string of the molecule is CC(C)c1ccccc1OCC(O)CS(=O)(=O)Cc1ccccc1. The molecule has 2 aromatic carbocycles. The normalized spacial score (nSPS) is 13.0. The molecule has 0 amide bonds. The Bertz CT molecular complexity index is 739. The fourth-order valence-electron chi connectivity index (χ4n) is 2.50. The molecule has 24 heavy (non-hydrogen) atoms. The summed E-state index contributed by atoms with van der Waals surface area (Å²) in [4.78, 5) is 0. The minimum Gasteiger partial charge on any atom is -0.491 e. The van der Waals surface area contributed by atoms with Crippen molar-refractivity contribution in [1.82, 2.24) is 0 Å². The summed E-state index contributed by atoms with van der Waals surface area (Å²) >= 11 is 0. The summed E-state index contributed by atoms with van der Waals surface area (Å²) in [6.07, 6.45) is -1.06. The third kappa shape index (κ3) is 5.65. The third-order valence-electron chi connectivity index (χ3n) is 3.65. The number of sulfone groups is 1. The van der Waals surface area contributed by atoms with Gasteiger partial charge in [-0.05, 0) is 23.1 Å². The summed E-state index contributed by atoms with van der Waals surface area (Å²) in [7, 11) is -3.39. The third-order valence-corrected chi connectivity index (χ3v) is 5.31. The van der Waals surface area contributed by atoms with E-state index >= 15 is 0 Å². The molecule has 2 rings (SSSR count). The summed E-state index contributed by atoms with van der Waals surface area (Å²) in [6, 6.07) is 16.6. The largest absolute Gasteiger partial charge is 0.491 e. The van der Waals surface area contributed by atoms with Gasteiger partial charge in [0.15, 0.2) is 9.84 Å². The Morgan fingerprint density at radius 3 is 2.29 bits per heavy atom. The molecule has 0 bridgehead atoms. The number of aliphatic hydroxyl groups is 1. The molecule has 4 nitrogen and oxygen atoms in total. The summed E-state index contributed by atoms with van der Waals surface area (Å²) < 4.78 is 30.0. The van der Waals surface area contributed by atoms with Crippen molar-refractivity contribution < 1.29 is 18.3 Å². The lowest BCUT2D eigenvalue weighted by Crippen LogP contribution is -2.28. The Balaban J connectivity index is 1.92. The highest BCUT2D eigenvalue weighted by molar-refractivity contribution is 7.90. The standard InChI is InChI=1S/C19H24O4S/c1-15(2)18-10-6-7-11-19(18)23-12-17(20)14-24(21,22)13-16-8-4-3-5-9-16/h3-11,15,17,20H,12-14H2,1-2H3. The minimum atomic E-state index is -3.39. The summed E-state index contributed by atoms with van der Waals surface area (Å²) in [5.74, 6) is 0.589. The second-order valence-electron chi connectivity index (χ2n) is 6.20. The van der Waals surface area contributed by atoms with Crippen molar-refractivity contribution in [2.75, 3.05) is 12.4 Å². The van der Waals surface area contributed by atoms with Gasteiger partial charge in [0.25, 0.3) is 0 Å². The van der Waals surface area contributed by atoms with Crippen LogP contribution in [-0.2, 0) is 15.6 Å². The molecule has 0 aromatic heterocycles. The first-order chi connectivity index (χ1) is 11.4. The van der Waals surface area contributed by atoms with Gasteiger partial charge in [0, 0.05) is 0 Å². The second kappa shape index (κ2) is 8.31. The number of para-hydroxylation sites is 1. The van der Waals surface area contributed by atoms with Crippen LogP contribution < -0.4 is 4.74 Å². The van der Waals surface area contributed by atoms with Crippen molar-refractivity contribution in [3.8, 4) is 5.75 Å². The second-order valence-corrected chi connectivity index (χ2v) is 8.31. The first-order valence-electron chi connectivity index (χ1n) is 8.01. The molecule has 1 unspecified atom stereocenters. The van der Waals surface area contributed by atoms with E-state index in [0.717, 1.165) is 11.1 Å². The van der Waals surface area contributed by atoms with Gasteiger partial charge in [0.1, 0.15) is 18.5 Å². The van der Waals surface area contributed by atoms with Crippen LogP contribution in [0.2, 0.25) is 0 Å². The molecule has 0 saturated heterocycles. The molecule has 0 aliphatic carbocycles. The van der Waals surface area contributed by atoms with Crippen molar-refractivity contribution >= 4 is 9.84 Å². The average molecular weight is 348 g/mol.